The van der Waals surface area contributed by atoms with Crippen LogP contribution in [0.5, 0.6) is 0 Å². The molecule has 2 N–H and O–H groups in total. The standard InChI is InChI=1S/C15H23NO3/c1-11-7-8-12(6-5-9-17)10-13(11)16-14(18)19-15(2,3)4/h7-8,10,17H,5-6,9H2,1-4H3,(H,16,18). The zero-order chi connectivity index (χ0) is 14.5. The summed E-state index contributed by atoms with van der Waals surface area (Å²) in [7, 11) is 0. The van der Waals surface area contributed by atoms with Crippen LogP contribution in [0, 0.1) is 6.92 Å². The Balaban J connectivity index is 2.73. The molecule has 4 nitrogen and oxygen atoms in total. The molecule has 1 aromatic carbocycles. The van der Waals surface area contributed by atoms with E-state index in [1.807, 2.05) is 45.9 Å². The molecule has 0 saturated heterocycles. The maximum absolute atomic E-state index is 11.7. The second-order valence-electron chi connectivity index (χ2n) is 5.60. The van der Waals surface area contributed by atoms with Gasteiger partial charge in [0.05, 0.1) is 0 Å². The average Bonchev–Trinajstić information content (AvgIpc) is 2.27. The lowest BCUT2D eigenvalue weighted by Gasteiger charge is -2.20. The van der Waals surface area contributed by atoms with Crippen molar-refractivity contribution in [2.75, 3.05) is 11.9 Å². The summed E-state index contributed by atoms with van der Waals surface area (Å²) < 4.78 is 5.23. The van der Waals surface area contributed by atoms with Gasteiger partial charge >= 0.3 is 6.09 Å². The van der Waals surface area contributed by atoms with Crippen LogP contribution in [0.1, 0.15) is 38.3 Å². The van der Waals surface area contributed by atoms with Gasteiger partial charge in [-0.3, -0.25) is 5.32 Å². The second-order valence-corrected chi connectivity index (χ2v) is 5.60. The van der Waals surface area contributed by atoms with Crippen LogP contribution in [0.4, 0.5) is 10.5 Å². The maximum Gasteiger partial charge on any atom is 0.412 e. The minimum absolute atomic E-state index is 0.169. The van der Waals surface area contributed by atoms with Crippen LogP contribution in [0.2, 0.25) is 0 Å². The van der Waals surface area contributed by atoms with Gasteiger partial charge in [-0.05, 0) is 57.7 Å². The van der Waals surface area contributed by atoms with Crippen LogP contribution in [-0.2, 0) is 11.2 Å². The fraction of sp³-hybridized carbons (Fsp3) is 0.533. The summed E-state index contributed by atoms with van der Waals surface area (Å²) in [6, 6.07) is 5.89. The van der Waals surface area contributed by atoms with Crippen LogP contribution in [0.25, 0.3) is 0 Å². The minimum atomic E-state index is -0.507. The van der Waals surface area contributed by atoms with Gasteiger partial charge in [0.15, 0.2) is 0 Å². The van der Waals surface area contributed by atoms with E-state index < -0.39 is 11.7 Å². The van der Waals surface area contributed by atoms with Gasteiger partial charge in [-0.2, -0.15) is 0 Å². The summed E-state index contributed by atoms with van der Waals surface area (Å²) in [5.74, 6) is 0. The van der Waals surface area contributed by atoms with Gasteiger partial charge in [0.2, 0.25) is 0 Å². The molecule has 0 aliphatic heterocycles. The van der Waals surface area contributed by atoms with Crippen molar-refractivity contribution in [2.24, 2.45) is 0 Å². The Bertz CT molecular complexity index is 436. The van der Waals surface area contributed by atoms with E-state index >= 15 is 0 Å². The van der Waals surface area contributed by atoms with Crippen LogP contribution >= 0.6 is 0 Å². The van der Waals surface area contributed by atoms with Gasteiger partial charge < -0.3 is 9.84 Å². The summed E-state index contributed by atoms with van der Waals surface area (Å²) in [6.45, 7) is 7.59. The summed E-state index contributed by atoms with van der Waals surface area (Å²) in [5.41, 5.74) is 2.32. The fourth-order valence-electron chi connectivity index (χ4n) is 1.66. The molecule has 1 amide bonds. The number of amides is 1. The number of carbonyl (C=O) groups excluding carboxylic acids is 1. The van der Waals surface area contributed by atoms with Crippen molar-refractivity contribution in [2.45, 2.75) is 46.1 Å². The molecule has 19 heavy (non-hydrogen) atoms. The third kappa shape index (κ3) is 5.75. The summed E-state index contributed by atoms with van der Waals surface area (Å²) in [6.07, 6.45) is 1.06. The quantitative estimate of drug-likeness (QED) is 0.878. The smallest absolute Gasteiger partial charge is 0.412 e. The van der Waals surface area contributed by atoms with Crippen molar-refractivity contribution in [3.05, 3.63) is 29.3 Å². The van der Waals surface area contributed by atoms with E-state index in [0.29, 0.717) is 0 Å². The van der Waals surface area contributed by atoms with E-state index in [2.05, 4.69) is 5.32 Å². The third-order valence-corrected chi connectivity index (χ3v) is 2.56. The number of anilines is 1. The maximum atomic E-state index is 11.7. The number of carbonyl (C=O) groups is 1. The molecule has 0 bridgehead atoms. The van der Waals surface area contributed by atoms with Crippen LogP contribution in [-0.4, -0.2) is 23.4 Å². The summed E-state index contributed by atoms with van der Waals surface area (Å²) in [4.78, 5) is 11.7. The molecule has 0 fully saturated rings. The molecule has 0 atom stereocenters. The SMILES string of the molecule is Cc1ccc(CCCO)cc1NC(=O)OC(C)(C)C. The number of rotatable bonds is 4. The molecule has 0 unspecified atom stereocenters. The van der Waals surface area contributed by atoms with Crippen LogP contribution in [0.3, 0.4) is 0 Å². The molecule has 0 aromatic heterocycles. The van der Waals surface area contributed by atoms with E-state index in [1.165, 1.54) is 0 Å². The zero-order valence-electron chi connectivity index (χ0n) is 12.1. The number of aryl methyl sites for hydroxylation is 2. The molecular weight excluding hydrogens is 242 g/mol. The van der Waals surface area contributed by atoms with Gasteiger partial charge in [-0.25, -0.2) is 4.79 Å². The van der Waals surface area contributed by atoms with Gasteiger partial charge in [-0.1, -0.05) is 12.1 Å². The van der Waals surface area contributed by atoms with Crippen LogP contribution < -0.4 is 5.32 Å². The Hall–Kier alpha value is -1.55. The molecule has 0 radical (unpaired) electrons. The van der Waals surface area contributed by atoms with Crippen molar-refractivity contribution in [1.29, 1.82) is 0 Å². The lowest BCUT2D eigenvalue weighted by molar-refractivity contribution is 0.0636. The number of hydrogen-bond acceptors (Lipinski definition) is 3. The first-order valence-corrected chi connectivity index (χ1v) is 6.52. The molecule has 1 aromatic rings. The first kappa shape index (κ1) is 15.5. The van der Waals surface area contributed by atoms with E-state index in [-0.39, 0.29) is 6.61 Å². The zero-order valence-corrected chi connectivity index (χ0v) is 12.1. The third-order valence-electron chi connectivity index (χ3n) is 2.56. The number of benzene rings is 1. The molecule has 0 spiro atoms. The number of nitrogens with one attached hydrogen (secondary N) is 1. The monoisotopic (exact) mass is 265 g/mol. The van der Waals surface area contributed by atoms with Crippen LogP contribution in [0.15, 0.2) is 18.2 Å². The lowest BCUT2D eigenvalue weighted by atomic mass is 10.1. The molecule has 106 valence electrons. The van der Waals surface area contributed by atoms with E-state index in [1.54, 1.807) is 0 Å². The Morgan fingerprint density at radius 2 is 2.05 bits per heavy atom. The van der Waals surface area contributed by atoms with Gasteiger partial charge in [0.25, 0.3) is 0 Å². The highest BCUT2D eigenvalue weighted by Gasteiger charge is 2.16. The van der Waals surface area contributed by atoms with Crippen molar-refractivity contribution in [3.8, 4) is 0 Å². The Morgan fingerprint density at radius 3 is 2.63 bits per heavy atom. The predicted molar refractivity (Wildman–Crippen MR) is 76.4 cm³/mol. The van der Waals surface area contributed by atoms with Crippen molar-refractivity contribution in [3.63, 3.8) is 0 Å². The highest BCUT2D eigenvalue weighted by molar-refractivity contribution is 5.86. The molecular formula is C15H23NO3. The number of hydrogen-bond donors (Lipinski definition) is 2. The van der Waals surface area contributed by atoms with E-state index in [4.69, 9.17) is 9.84 Å². The predicted octanol–water partition coefficient (Wildman–Crippen LogP) is 3.27. The van der Waals surface area contributed by atoms with Crippen molar-refractivity contribution < 1.29 is 14.6 Å². The number of ether oxygens (including phenoxy) is 1. The minimum Gasteiger partial charge on any atom is -0.444 e. The highest BCUT2D eigenvalue weighted by atomic mass is 16.6. The highest BCUT2D eigenvalue weighted by Crippen LogP contribution is 2.19. The van der Waals surface area contributed by atoms with Crippen molar-refractivity contribution >= 4 is 11.8 Å². The number of aliphatic hydroxyl groups is 1. The summed E-state index contributed by atoms with van der Waals surface area (Å²) in [5, 5.41) is 11.6. The molecule has 0 heterocycles. The second kappa shape index (κ2) is 6.57. The van der Waals surface area contributed by atoms with Crippen molar-refractivity contribution in [1.82, 2.24) is 0 Å². The number of aliphatic hydroxyl groups excluding tert-OH is 1. The largest absolute Gasteiger partial charge is 0.444 e. The van der Waals surface area contributed by atoms with Gasteiger partial charge in [-0.15, -0.1) is 0 Å². The topological polar surface area (TPSA) is 58.6 Å². The lowest BCUT2D eigenvalue weighted by Crippen LogP contribution is -2.27. The summed E-state index contributed by atoms with van der Waals surface area (Å²) >= 11 is 0. The fourth-order valence-corrected chi connectivity index (χ4v) is 1.66. The molecule has 1 rings (SSSR count). The first-order valence-electron chi connectivity index (χ1n) is 6.52. The molecule has 0 aliphatic carbocycles. The van der Waals surface area contributed by atoms with Gasteiger partial charge in [0.1, 0.15) is 5.60 Å². The molecule has 4 heteroatoms. The average molecular weight is 265 g/mol. The Kier molecular flexibility index (Phi) is 5.36. The Morgan fingerprint density at radius 1 is 1.37 bits per heavy atom. The first-order chi connectivity index (χ1) is 8.81. The van der Waals surface area contributed by atoms with E-state index in [0.717, 1.165) is 29.7 Å². The Labute approximate surface area is 114 Å². The van der Waals surface area contributed by atoms with E-state index in [9.17, 15) is 4.79 Å². The molecule has 0 aliphatic rings. The normalized spacial score (nSPS) is 11.2. The van der Waals surface area contributed by atoms with Gasteiger partial charge in [0, 0.05) is 12.3 Å². The molecule has 0 saturated carbocycles.